The Morgan fingerprint density at radius 2 is 1.67 bits per heavy atom. The number of carbonyl (C=O) groups is 1. The predicted octanol–water partition coefficient (Wildman–Crippen LogP) is 4.76. The van der Waals surface area contributed by atoms with E-state index in [4.69, 9.17) is 11.6 Å². The molecule has 1 unspecified atom stereocenters. The number of hydrogen-bond donors (Lipinski definition) is 0. The van der Waals surface area contributed by atoms with Gasteiger partial charge in [0.25, 0.3) is 0 Å². The van der Waals surface area contributed by atoms with Crippen molar-refractivity contribution in [1.29, 1.82) is 0 Å². The van der Waals surface area contributed by atoms with Crippen molar-refractivity contribution >= 4 is 29.1 Å². The second-order valence-corrected chi connectivity index (χ2v) is 5.59. The van der Waals surface area contributed by atoms with Crippen molar-refractivity contribution in [3.05, 3.63) is 65.2 Å². The van der Waals surface area contributed by atoms with Crippen molar-refractivity contribution in [2.75, 3.05) is 0 Å². The summed E-state index contributed by atoms with van der Waals surface area (Å²) in [7, 11) is 0. The molecule has 0 radical (unpaired) electrons. The van der Waals surface area contributed by atoms with E-state index in [1.165, 1.54) is 0 Å². The quantitative estimate of drug-likeness (QED) is 0.749. The molecule has 1 atom stereocenters. The van der Waals surface area contributed by atoms with Gasteiger partial charge in [-0.2, -0.15) is 0 Å². The molecule has 0 amide bonds. The Kier molecular flexibility index (Phi) is 4.45. The summed E-state index contributed by atoms with van der Waals surface area (Å²) in [5, 5.41) is 0.547. The fourth-order valence-corrected chi connectivity index (χ4v) is 2.81. The van der Waals surface area contributed by atoms with Gasteiger partial charge >= 0.3 is 0 Å². The number of carbonyl (C=O) groups excluding carboxylic acids is 1. The van der Waals surface area contributed by atoms with Crippen LogP contribution in [0.15, 0.2) is 59.5 Å². The van der Waals surface area contributed by atoms with Gasteiger partial charge in [0.2, 0.25) is 0 Å². The highest BCUT2D eigenvalue weighted by Crippen LogP contribution is 2.36. The Balaban J connectivity index is 2.22. The maximum atomic E-state index is 11.8. The molecule has 0 saturated heterocycles. The zero-order valence-corrected chi connectivity index (χ0v) is 11.5. The van der Waals surface area contributed by atoms with Crippen LogP contribution < -0.4 is 0 Å². The number of ketones is 1. The van der Waals surface area contributed by atoms with E-state index in [0.29, 0.717) is 5.02 Å². The summed E-state index contributed by atoms with van der Waals surface area (Å²) in [6.07, 6.45) is 0. The van der Waals surface area contributed by atoms with Crippen molar-refractivity contribution < 1.29 is 4.79 Å². The third kappa shape index (κ3) is 3.37. The van der Waals surface area contributed by atoms with Crippen LogP contribution in [0.4, 0.5) is 0 Å². The molecule has 0 aromatic heterocycles. The Hall–Kier alpha value is -1.25. The minimum absolute atomic E-state index is 0.154. The molecule has 3 heteroatoms. The van der Waals surface area contributed by atoms with Gasteiger partial charge in [0.05, 0.1) is 5.25 Å². The lowest BCUT2D eigenvalue weighted by Crippen LogP contribution is -2.04. The van der Waals surface area contributed by atoms with Gasteiger partial charge in [-0.15, -0.1) is 11.8 Å². The first-order chi connectivity index (χ1) is 8.66. The summed E-state index contributed by atoms with van der Waals surface area (Å²) < 4.78 is 0. The first kappa shape index (κ1) is 13.2. The molecule has 18 heavy (non-hydrogen) atoms. The van der Waals surface area contributed by atoms with Crippen LogP contribution in [0.1, 0.15) is 17.7 Å². The van der Waals surface area contributed by atoms with Gasteiger partial charge in [-0.25, -0.2) is 0 Å². The van der Waals surface area contributed by atoms with E-state index in [1.54, 1.807) is 18.7 Å². The van der Waals surface area contributed by atoms with Gasteiger partial charge in [-0.05, 0) is 36.8 Å². The van der Waals surface area contributed by atoms with Gasteiger partial charge < -0.3 is 0 Å². The highest BCUT2D eigenvalue weighted by Gasteiger charge is 2.17. The van der Waals surface area contributed by atoms with Crippen LogP contribution in [0.3, 0.4) is 0 Å². The SMILES string of the molecule is CC(=O)C(Sc1ccc(Cl)cc1)c1ccccc1. The number of thioether (sulfide) groups is 1. The van der Waals surface area contributed by atoms with E-state index in [9.17, 15) is 4.79 Å². The second-order valence-electron chi connectivity index (χ2n) is 3.97. The lowest BCUT2D eigenvalue weighted by atomic mass is 10.1. The average Bonchev–Trinajstić information content (AvgIpc) is 2.38. The Labute approximate surface area is 116 Å². The molecular weight excluding hydrogens is 264 g/mol. The predicted molar refractivity (Wildman–Crippen MR) is 77.2 cm³/mol. The first-order valence-electron chi connectivity index (χ1n) is 5.64. The second kappa shape index (κ2) is 6.07. The van der Waals surface area contributed by atoms with E-state index in [-0.39, 0.29) is 11.0 Å². The van der Waals surface area contributed by atoms with Crippen LogP contribution in [0.5, 0.6) is 0 Å². The van der Waals surface area contributed by atoms with Crippen molar-refractivity contribution in [3.8, 4) is 0 Å². The third-order valence-corrected chi connectivity index (χ3v) is 4.18. The largest absolute Gasteiger partial charge is 0.298 e. The normalized spacial score (nSPS) is 12.1. The molecule has 0 saturated carbocycles. The lowest BCUT2D eigenvalue weighted by molar-refractivity contribution is -0.116. The molecule has 0 N–H and O–H groups in total. The zero-order chi connectivity index (χ0) is 13.0. The van der Waals surface area contributed by atoms with E-state index in [2.05, 4.69) is 0 Å². The van der Waals surface area contributed by atoms with Gasteiger partial charge in [-0.1, -0.05) is 41.9 Å². The van der Waals surface area contributed by atoms with Gasteiger partial charge in [-0.3, -0.25) is 4.79 Å². The molecule has 0 spiro atoms. The number of Topliss-reactive ketones (excluding diaryl/α,β-unsaturated/α-hetero) is 1. The van der Waals surface area contributed by atoms with E-state index < -0.39 is 0 Å². The highest BCUT2D eigenvalue weighted by molar-refractivity contribution is 8.00. The Morgan fingerprint density at radius 1 is 1.06 bits per heavy atom. The number of rotatable bonds is 4. The van der Waals surface area contributed by atoms with Crippen LogP contribution in [0.2, 0.25) is 5.02 Å². The molecule has 0 heterocycles. The maximum absolute atomic E-state index is 11.8. The standard InChI is InChI=1S/C15H13ClOS/c1-11(17)15(12-5-3-2-4-6-12)18-14-9-7-13(16)8-10-14/h2-10,15H,1H3. The average molecular weight is 277 g/mol. The van der Waals surface area contributed by atoms with Crippen LogP contribution in [0.25, 0.3) is 0 Å². The van der Waals surface area contributed by atoms with Crippen LogP contribution in [0, 0.1) is 0 Å². The summed E-state index contributed by atoms with van der Waals surface area (Å²) >= 11 is 7.40. The minimum Gasteiger partial charge on any atom is -0.298 e. The van der Waals surface area contributed by atoms with E-state index >= 15 is 0 Å². The lowest BCUT2D eigenvalue weighted by Gasteiger charge is -2.13. The van der Waals surface area contributed by atoms with Crippen LogP contribution >= 0.6 is 23.4 Å². The fraction of sp³-hybridized carbons (Fsp3) is 0.133. The summed E-state index contributed by atoms with van der Waals surface area (Å²) in [5.74, 6) is 0.154. The van der Waals surface area contributed by atoms with Crippen molar-refractivity contribution in [1.82, 2.24) is 0 Å². The molecule has 0 bridgehead atoms. The Bertz CT molecular complexity index is 522. The molecule has 0 aliphatic rings. The van der Waals surface area contributed by atoms with E-state index in [1.807, 2.05) is 54.6 Å². The number of benzene rings is 2. The molecule has 2 rings (SSSR count). The highest BCUT2D eigenvalue weighted by atomic mass is 35.5. The minimum atomic E-state index is -0.160. The molecule has 0 aliphatic heterocycles. The Morgan fingerprint density at radius 3 is 2.22 bits per heavy atom. The molecule has 92 valence electrons. The topological polar surface area (TPSA) is 17.1 Å². The fourth-order valence-electron chi connectivity index (χ4n) is 1.66. The molecule has 0 aliphatic carbocycles. The molecule has 0 fully saturated rings. The van der Waals surface area contributed by atoms with Gasteiger partial charge in [0, 0.05) is 9.92 Å². The maximum Gasteiger partial charge on any atom is 0.147 e. The van der Waals surface area contributed by atoms with Crippen LogP contribution in [-0.4, -0.2) is 5.78 Å². The van der Waals surface area contributed by atoms with Gasteiger partial charge in [0.1, 0.15) is 5.78 Å². The van der Waals surface area contributed by atoms with Crippen LogP contribution in [-0.2, 0) is 4.79 Å². The summed E-state index contributed by atoms with van der Waals surface area (Å²) in [5.41, 5.74) is 1.03. The van der Waals surface area contributed by atoms with Crippen molar-refractivity contribution in [2.24, 2.45) is 0 Å². The monoisotopic (exact) mass is 276 g/mol. The summed E-state index contributed by atoms with van der Waals surface area (Å²) in [4.78, 5) is 12.8. The zero-order valence-electron chi connectivity index (χ0n) is 9.97. The van der Waals surface area contributed by atoms with Crippen molar-refractivity contribution in [3.63, 3.8) is 0 Å². The molecule has 1 nitrogen and oxygen atoms in total. The third-order valence-electron chi connectivity index (χ3n) is 2.54. The molecular formula is C15H13ClOS. The molecule has 2 aromatic rings. The van der Waals surface area contributed by atoms with Gasteiger partial charge in [0.15, 0.2) is 0 Å². The summed E-state index contributed by atoms with van der Waals surface area (Å²) in [6.45, 7) is 1.63. The van der Waals surface area contributed by atoms with E-state index in [0.717, 1.165) is 10.5 Å². The number of hydrogen-bond acceptors (Lipinski definition) is 2. The summed E-state index contributed by atoms with van der Waals surface area (Å²) in [6, 6.07) is 17.4. The number of halogens is 1. The first-order valence-corrected chi connectivity index (χ1v) is 6.90. The van der Waals surface area contributed by atoms with Crippen molar-refractivity contribution in [2.45, 2.75) is 17.1 Å². The molecule has 2 aromatic carbocycles. The smallest absolute Gasteiger partial charge is 0.147 e.